The van der Waals surface area contributed by atoms with Crippen molar-refractivity contribution in [3.63, 3.8) is 0 Å². The number of anilines is 1. The van der Waals surface area contributed by atoms with Crippen LogP contribution in [0.4, 0.5) is 14.6 Å². The van der Waals surface area contributed by atoms with E-state index in [1.807, 2.05) is 0 Å². The Morgan fingerprint density at radius 1 is 0.968 bits per heavy atom. The van der Waals surface area contributed by atoms with E-state index in [4.69, 9.17) is 4.98 Å². The molecular formula is C24H23F2N5. The number of hydrogen-bond donors (Lipinski definition) is 2. The predicted molar refractivity (Wildman–Crippen MR) is 117 cm³/mol. The van der Waals surface area contributed by atoms with E-state index in [2.05, 4.69) is 27.2 Å². The first kappa shape index (κ1) is 18.7. The Bertz CT molecular complexity index is 1290. The normalized spacial score (nSPS) is 25.4. The third-order valence-electron chi connectivity index (χ3n) is 7.34. The summed E-state index contributed by atoms with van der Waals surface area (Å²) in [5.74, 6) is 2.30. The fourth-order valence-electron chi connectivity index (χ4n) is 5.66. The molecular weight excluding hydrogens is 396 g/mol. The van der Waals surface area contributed by atoms with Gasteiger partial charge in [0.2, 0.25) is 0 Å². The van der Waals surface area contributed by atoms with E-state index in [1.165, 1.54) is 50.1 Å². The molecule has 3 heterocycles. The average Bonchev–Trinajstić information content (AvgIpc) is 3.19. The molecule has 0 aliphatic heterocycles. The van der Waals surface area contributed by atoms with Crippen molar-refractivity contribution in [3.8, 4) is 11.4 Å². The first-order valence-electron chi connectivity index (χ1n) is 10.9. The smallest absolute Gasteiger partial charge is 0.164 e. The van der Waals surface area contributed by atoms with Crippen LogP contribution < -0.4 is 5.32 Å². The van der Waals surface area contributed by atoms with Gasteiger partial charge >= 0.3 is 0 Å². The highest BCUT2D eigenvalue weighted by atomic mass is 19.1. The lowest BCUT2D eigenvalue weighted by atomic mass is 9.62. The van der Waals surface area contributed by atoms with Crippen molar-refractivity contribution in [2.45, 2.75) is 38.6 Å². The second-order valence-electron chi connectivity index (χ2n) is 9.01. The van der Waals surface area contributed by atoms with Crippen molar-refractivity contribution in [2.24, 2.45) is 17.8 Å². The van der Waals surface area contributed by atoms with Crippen molar-refractivity contribution >= 4 is 27.8 Å². The van der Waals surface area contributed by atoms with Crippen LogP contribution in [-0.4, -0.2) is 26.0 Å². The van der Waals surface area contributed by atoms with Gasteiger partial charge in [0.25, 0.3) is 0 Å². The summed E-state index contributed by atoms with van der Waals surface area (Å²) in [4.78, 5) is 16.6. The molecule has 3 saturated carbocycles. The fourth-order valence-corrected chi connectivity index (χ4v) is 5.66. The van der Waals surface area contributed by atoms with Gasteiger partial charge in [0.05, 0.1) is 11.7 Å². The summed E-state index contributed by atoms with van der Waals surface area (Å²) < 4.78 is 27.9. The second kappa shape index (κ2) is 6.97. The van der Waals surface area contributed by atoms with Crippen LogP contribution in [0, 0.1) is 29.4 Å². The Morgan fingerprint density at radius 3 is 2.58 bits per heavy atom. The SMILES string of the molecule is CC1C2CCC(CC2)C1Nc1nc(-c2c[nH]c3ncc(F)cc23)nc2cc(F)ccc12. The van der Waals surface area contributed by atoms with Gasteiger partial charge < -0.3 is 10.3 Å². The minimum atomic E-state index is -0.425. The highest BCUT2D eigenvalue weighted by Crippen LogP contribution is 2.46. The molecule has 3 aliphatic rings. The molecule has 2 atom stereocenters. The van der Waals surface area contributed by atoms with Crippen molar-refractivity contribution in [1.82, 2.24) is 19.9 Å². The summed E-state index contributed by atoms with van der Waals surface area (Å²) in [6.07, 6.45) is 7.99. The molecule has 2 bridgehead atoms. The maximum Gasteiger partial charge on any atom is 0.164 e. The molecule has 3 aliphatic carbocycles. The molecule has 2 unspecified atom stereocenters. The van der Waals surface area contributed by atoms with Gasteiger partial charge in [-0.15, -0.1) is 0 Å². The van der Waals surface area contributed by atoms with Crippen LogP contribution in [0.25, 0.3) is 33.3 Å². The number of halogens is 2. The molecule has 2 N–H and O–H groups in total. The van der Waals surface area contributed by atoms with Crippen LogP contribution in [0.5, 0.6) is 0 Å². The van der Waals surface area contributed by atoms with Gasteiger partial charge in [0.1, 0.15) is 23.1 Å². The Labute approximate surface area is 178 Å². The van der Waals surface area contributed by atoms with Crippen LogP contribution in [0.2, 0.25) is 0 Å². The Kier molecular flexibility index (Phi) is 4.20. The molecule has 31 heavy (non-hydrogen) atoms. The molecule has 7 heteroatoms. The van der Waals surface area contributed by atoms with Crippen molar-refractivity contribution < 1.29 is 8.78 Å². The largest absolute Gasteiger partial charge is 0.366 e. The Hall–Kier alpha value is -3.09. The highest BCUT2D eigenvalue weighted by Gasteiger charge is 2.41. The quantitative estimate of drug-likeness (QED) is 0.448. The third-order valence-corrected chi connectivity index (χ3v) is 7.34. The number of pyridine rings is 1. The lowest BCUT2D eigenvalue weighted by Gasteiger charge is -2.47. The van der Waals surface area contributed by atoms with E-state index in [-0.39, 0.29) is 5.82 Å². The van der Waals surface area contributed by atoms with Gasteiger partial charge in [-0.05, 0) is 61.6 Å². The minimum absolute atomic E-state index is 0.339. The van der Waals surface area contributed by atoms with Crippen molar-refractivity contribution in [2.75, 3.05) is 5.32 Å². The third kappa shape index (κ3) is 3.06. The zero-order chi connectivity index (χ0) is 21.1. The van der Waals surface area contributed by atoms with Crippen LogP contribution in [-0.2, 0) is 0 Å². The molecule has 0 amide bonds. The molecule has 4 aromatic rings. The molecule has 0 spiro atoms. The van der Waals surface area contributed by atoms with Crippen molar-refractivity contribution in [3.05, 3.63) is 48.3 Å². The number of H-pyrrole nitrogens is 1. The minimum Gasteiger partial charge on any atom is -0.366 e. The molecule has 0 radical (unpaired) electrons. The summed E-state index contributed by atoms with van der Waals surface area (Å²) >= 11 is 0. The molecule has 1 aromatic carbocycles. The molecule has 5 nitrogen and oxygen atoms in total. The zero-order valence-electron chi connectivity index (χ0n) is 17.2. The summed E-state index contributed by atoms with van der Waals surface area (Å²) in [5.41, 5.74) is 1.74. The maximum absolute atomic E-state index is 14.0. The molecule has 0 saturated heterocycles. The van der Waals surface area contributed by atoms with Crippen LogP contribution in [0.3, 0.4) is 0 Å². The molecule has 3 aromatic heterocycles. The number of hydrogen-bond acceptors (Lipinski definition) is 4. The maximum atomic E-state index is 14.0. The first-order chi connectivity index (χ1) is 15.1. The fraction of sp³-hybridized carbons (Fsp3) is 0.375. The van der Waals surface area contributed by atoms with Gasteiger partial charge in [0, 0.05) is 34.6 Å². The van der Waals surface area contributed by atoms with Gasteiger partial charge in [0.15, 0.2) is 5.82 Å². The van der Waals surface area contributed by atoms with E-state index in [0.29, 0.717) is 51.6 Å². The first-order valence-corrected chi connectivity index (χ1v) is 10.9. The highest BCUT2D eigenvalue weighted by molar-refractivity contribution is 5.95. The summed E-state index contributed by atoms with van der Waals surface area (Å²) in [5, 5.41) is 5.11. The number of nitrogens with one attached hydrogen (secondary N) is 2. The van der Waals surface area contributed by atoms with Crippen molar-refractivity contribution in [1.29, 1.82) is 0 Å². The van der Waals surface area contributed by atoms with Crippen LogP contribution >= 0.6 is 0 Å². The summed E-state index contributed by atoms with van der Waals surface area (Å²) in [6.45, 7) is 2.33. The molecule has 3 fully saturated rings. The lowest BCUT2D eigenvalue weighted by Crippen LogP contribution is -2.47. The van der Waals surface area contributed by atoms with Gasteiger partial charge in [-0.1, -0.05) is 6.92 Å². The topological polar surface area (TPSA) is 66.5 Å². The number of nitrogens with zero attached hydrogens (tertiary/aromatic N) is 3. The average molecular weight is 419 g/mol. The van der Waals surface area contributed by atoms with E-state index in [0.717, 1.165) is 11.3 Å². The number of fused-ring (bicyclic) bond motifs is 5. The van der Waals surface area contributed by atoms with Crippen LogP contribution in [0.1, 0.15) is 32.6 Å². The molecule has 7 rings (SSSR count). The van der Waals surface area contributed by atoms with E-state index in [9.17, 15) is 8.78 Å². The monoisotopic (exact) mass is 419 g/mol. The Balaban J connectivity index is 1.50. The number of aromatic amines is 1. The number of benzene rings is 1. The van der Waals surface area contributed by atoms with Crippen LogP contribution in [0.15, 0.2) is 36.7 Å². The molecule has 158 valence electrons. The van der Waals surface area contributed by atoms with Gasteiger partial charge in [-0.2, -0.15) is 0 Å². The lowest BCUT2D eigenvalue weighted by molar-refractivity contribution is 0.0929. The van der Waals surface area contributed by atoms with E-state index in [1.54, 1.807) is 12.3 Å². The number of rotatable bonds is 3. The summed E-state index contributed by atoms with van der Waals surface area (Å²) in [6, 6.07) is 6.36. The summed E-state index contributed by atoms with van der Waals surface area (Å²) in [7, 11) is 0. The van der Waals surface area contributed by atoms with E-state index < -0.39 is 5.82 Å². The van der Waals surface area contributed by atoms with Gasteiger partial charge in [-0.3, -0.25) is 0 Å². The van der Waals surface area contributed by atoms with Gasteiger partial charge in [-0.25, -0.2) is 23.7 Å². The Morgan fingerprint density at radius 2 is 1.77 bits per heavy atom. The number of aromatic nitrogens is 4. The van der Waals surface area contributed by atoms with E-state index >= 15 is 0 Å². The zero-order valence-corrected chi connectivity index (χ0v) is 17.2. The second-order valence-corrected chi connectivity index (χ2v) is 9.01. The standard InChI is InChI=1S/C24H23F2N5/c1-12-13-2-4-14(5-3-13)21(12)30-23-17-7-6-15(25)9-20(17)29-24(31-23)19-11-28-22-18(19)8-16(26)10-27-22/h6-14,21H,2-5H2,1H3,(H,27,28)(H,29,30,31). The predicted octanol–water partition coefficient (Wildman–Crippen LogP) is 5.69.